The fraction of sp³-hybridized carbons (Fsp3) is 0.316. The monoisotopic (exact) mass is 450 g/mol. The van der Waals surface area contributed by atoms with Gasteiger partial charge in [0.1, 0.15) is 10.8 Å². The standard InChI is InChI=1S/C19H19BrN2O4S/c1-3-26-19(25)17-14-6-7-22(11(2)23)10-16(14)27-18(17)21-9-12-8-13(20)4-5-15(12)24/h4-5,8-9,24H,3,6-7,10H2,1-2H3/b21-9+. The number of esters is 1. The molecule has 27 heavy (non-hydrogen) atoms. The van der Waals surface area contributed by atoms with E-state index in [9.17, 15) is 14.7 Å². The fourth-order valence-corrected chi connectivity index (χ4v) is 4.49. The second-order valence-electron chi connectivity index (χ2n) is 6.06. The lowest BCUT2D eigenvalue weighted by atomic mass is 10.0. The Morgan fingerprint density at radius 1 is 1.44 bits per heavy atom. The number of phenols is 1. The van der Waals surface area contributed by atoms with Gasteiger partial charge < -0.3 is 14.7 Å². The van der Waals surface area contributed by atoms with Gasteiger partial charge in [-0.1, -0.05) is 15.9 Å². The molecule has 1 aliphatic rings. The Morgan fingerprint density at radius 3 is 2.93 bits per heavy atom. The Balaban J connectivity index is 2.01. The van der Waals surface area contributed by atoms with Crippen molar-refractivity contribution in [1.29, 1.82) is 0 Å². The van der Waals surface area contributed by atoms with Crippen LogP contribution in [-0.2, 0) is 22.5 Å². The molecule has 6 nitrogen and oxygen atoms in total. The molecular weight excluding hydrogens is 432 g/mol. The van der Waals surface area contributed by atoms with Crippen molar-refractivity contribution < 1.29 is 19.4 Å². The molecule has 3 rings (SSSR count). The number of benzene rings is 1. The van der Waals surface area contributed by atoms with E-state index in [2.05, 4.69) is 20.9 Å². The molecule has 0 spiro atoms. The summed E-state index contributed by atoms with van der Waals surface area (Å²) in [7, 11) is 0. The molecule has 0 aliphatic carbocycles. The number of carbonyl (C=O) groups is 2. The number of hydrogen-bond donors (Lipinski definition) is 1. The first-order chi connectivity index (χ1) is 12.9. The van der Waals surface area contributed by atoms with Crippen LogP contribution in [0.25, 0.3) is 0 Å². The third-order valence-corrected chi connectivity index (χ3v) is 5.89. The molecule has 0 saturated carbocycles. The predicted octanol–water partition coefficient (Wildman–Crippen LogP) is 4.05. The number of hydrogen-bond acceptors (Lipinski definition) is 6. The van der Waals surface area contributed by atoms with E-state index in [1.807, 2.05) is 0 Å². The lowest BCUT2D eigenvalue weighted by Gasteiger charge is -2.25. The number of nitrogens with zero attached hydrogens (tertiary/aromatic N) is 2. The number of fused-ring (bicyclic) bond motifs is 1. The van der Waals surface area contributed by atoms with Crippen LogP contribution in [0, 0.1) is 0 Å². The topological polar surface area (TPSA) is 79.2 Å². The molecule has 2 heterocycles. The molecule has 8 heteroatoms. The van der Waals surface area contributed by atoms with Crippen molar-refractivity contribution in [2.75, 3.05) is 13.2 Å². The molecule has 0 bridgehead atoms. The highest BCUT2D eigenvalue weighted by Gasteiger charge is 2.29. The Hall–Kier alpha value is -2.19. The third-order valence-electron chi connectivity index (χ3n) is 4.27. The van der Waals surface area contributed by atoms with E-state index in [0.717, 1.165) is 14.9 Å². The first kappa shape index (κ1) is 19.6. The highest BCUT2D eigenvalue weighted by Crippen LogP contribution is 2.39. The molecule has 142 valence electrons. The molecule has 2 aromatic rings. The predicted molar refractivity (Wildman–Crippen MR) is 108 cm³/mol. The van der Waals surface area contributed by atoms with E-state index >= 15 is 0 Å². The number of halogens is 1. The van der Waals surface area contributed by atoms with Crippen molar-refractivity contribution >= 4 is 50.4 Å². The summed E-state index contributed by atoms with van der Waals surface area (Å²) in [6.07, 6.45) is 2.13. The third kappa shape index (κ3) is 4.22. The Bertz CT molecular complexity index is 923. The second-order valence-corrected chi connectivity index (χ2v) is 8.06. The summed E-state index contributed by atoms with van der Waals surface area (Å²) < 4.78 is 6.03. The summed E-state index contributed by atoms with van der Waals surface area (Å²) in [5.74, 6) is -0.295. The minimum Gasteiger partial charge on any atom is -0.507 e. The summed E-state index contributed by atoms with van der Waals surface area (Å²) >= 11 is 4.75. The fourth-order valence-electron chi connectivity index (χ4n) is 2.92. The molecule has 1 amide bonds. The number of aliphatic imine (C=N–C) groups is 1. The van der Waals surface area contributed by atoms with Crippen molar-refractivity contribution in [2.45, 2.75) is 26.8 Å². The van der Waals surface area contributed by atoms with Gasteiger partial charge in [0.2, 0.25) is 5.91 Å². The van der Waals surface area contributed by atoms with Crippen molar-refractivity contribution in [3.63, 3.8) is 0 Å². The van der Waals surface area contributed by atoms with Gasteiger partial charge in [0.25, 0.3) is 0 Å². The van der Waals surface area contributed by atoms with Gasteiger partial charge in [-0.25, -0.2) is 9.79 Å². The van der Waals surface area contributed by atoms with E-state index in [1.165, 1.54) is 17.6 Å². The highest BCUT2D eigenvalue weighted by molar-refractivity contribution is 9.10. The van der Waals surface area contributed by atoms with Gasteiger partial charge in [-0.05, 0) is 37.1 Å². The van der Waals surface area contributed by atoms with Gasteiger partial charge in [0.05, 0.1) is 18.7 Å². The number of rotatable bonds is 4. The normalized spacial score (nSPS) is 13.7. The summed E-state index contributed by atoms with van der Waals surface area (Å²) in [5, 5.41) is 10.5. The van der Waals surface area contributed by atoms with Crippen molar-refractivity contribution in [2.24, 2.45) is 4.99 Å². The maximum Gasteiger partial charge on any atom is 0.341 e. The second kappa shape index (κ2) is 8.22. The molecular formula is C19H19BrN2O4S. The molecule has 1 N–H and O–H groups in total. The van der Waals surface area contributed by atoms with E-state index < -0.39 is 5.97 Å². The van der Waals surface area contributed by atoms with Crippen LogP contribution < -0.4 is 0 Å². The molecule has 1 aliphatic heterocycles. The van der Waals surface area contributed by atoms with Crippen LogP contribution in [0.5, 0.6) is 5.75 Å². The SMILES string of the molecule is CCOC(=O)c1c(/N=C/c2cc(Br)ccc2O)sc2c1CCN(C(C)=O)C2. The Labute approximate surface area is 169 Å². The van der Waals surface area contributed by atoms with Gasteiger partial charge in [-0.15, -0.1) is 11.3 Å². The molecule has 0 fully saturated rings. The maximum absolute atomic E-state index is 12.5. The van der Waals surface area contributed by atoms with Crippen LogP contribution in [0.15, 0.2) is 27.7 Å². The van der Waals surface area contributed by atoms with Crippen LogP contribution >= 0.6 is 27.3 Å². The zero-order valence-electron chi connectivity index (χ0n) is 15.0. The number of carbonyl (C=O) groups excluding carboxylic acids is 2. The first-order valence-electron chi connectivity index (χ1n) is 8.50. The van der Waals surface area contributed by atoms with Crippen molar-refractivity contribution in [1.82, 2.24) is 4.90 Å². The lowest BCUT2D eigenvalue weighted by Crippen LogP contribution is -2.33. The van der Waals surface area contributed by atoms with Gasteiger partial charge in [-0.2, -0.15) is 0 Å². The number of ether oxygens (including phenoxy) is 1. The molecule has 1 aromatic heterocycles. The van der Waals surface area contributed by atoms with Crippen LogP contribution in [0.2, 0.25) is 0 Å². The molecule has 0 radical (unpaired) electrons. The van der Waals surface area contributed by atoms with Crippen LogP contribution in [0.4, 0.5) is 5.00 Å². The zero-order chi connectivity index (χ0) is 19.6. The van der Waals surface area contributed by atoms with Gasteiger partial charge in [0, 0.05) is 34.6 Å². The highest BCUT2D eigenvalue weighted by atomic mass is 79.9. The number of aromatic hydroxyl groups is 1. The van der Waals surface area contributed by atoms with Crippen LogP contribution in [0.1, 0.15) is 40.2 Å². The van der Waals surface area contributed by atoms with E-state index in [-0.39, 0.29) is 18.3 Å². The minimum atomic E-state index is -0.406. The van der Waals surface area contributed by atoms with Crippen LogP contribution in [-0.4, -0.2) is 41.2 Å². The summed E-state index contributed by atoms with van der Waals surface area (Å²) in [4.78, 5) is 31.4. The van der Waals surface area contributed by atoms with E-state index in [1.54, 1.807) is 36.9 Å². The molecule has 0 unspecified atom stereocenters. The summed E-state index contributed by atoms with van der Waals surface area (Å²) in [6, 6.07) is 5.05. The zero-order valence-corrected chi connectivity index (χ0v) is 17.4. The number of phenolic OH excluding ortho intramolecular Hbond substituents is 1. The lowest BCUT2D eigenvalue weighted by molar-refractivity contribution is -0.129. The van der Waals surface area contributed by atoms with E-state index in [0.29, 0.717) is 35.6 Å². The first-order valence-corrected chi connectivity index (χ1v) is 10.1. The number of amides is 1. The van der Waals surface area contributed by atoms with Crippen molar-refractivity contribution in [3.05, 3.63) is 44.2 Å². The Morgan fingerprint density at radius 2 is 2.22 bits per heavy atom. The van der Waals surface area contributed by atoms with Gasteiger partial charge in [0.15, 0.2) is 0 Å². The maximum atomic E-state index is 12.5. The Kier molecular flexibility index (Phi) is 5.96. The van der Waals surface area contributed by atoms with Gasteiger partial charge in [-0.3, -0.25) is 4.79 Å². The molecule has 0 saturated heterocycles. The average Bonchev–Trinajstić information content (AvgIpc) is 3.00. The average molecular weight is 451 g/mol. The van der Waals surface area contributed by atoms with Gasteiger partial charge >= 0.3 is 5.97 Å². The van der Waals surface area contributed by atoms with E-state index in [4.69, 9.17) is 4.74 Å². The number of thiophene rings is 1. The summed E-state index contributed by atoms with van der Waals surface area (Å²) in [5.41, 5.74) is 1.91. The summed E-state index contributed by atoms with van der Waals surface area (Å²) in [6.45, 7) is 4.62. The quantitative estimate of drug-likeness (QED) is 0.562. The largest absolute Gasteiger partial charge is 0.507 e. The molecule has 0 atom stereocenters. The van der Waals surface area contributed by atoms with Crippen LogP contribution in [0.3, 0.4) is 0 Å². The minimum absolute atomic E-state index is 0.0100. The van der Waals surface area contributed by atoms with Crippen molar-refractivity contribution in [3.8, 4) is 5.75 Å². The molecule has 1 aromatic carbocycles. The smallest absolute Gasteiger partial charge is 0.341 e.